The highest BCUT2D eigenvalue weighted by Crippen LogP contribution is 2.28. The Morgan fingerprint density at radius 1 is 0.892 bits per heavy atom. The average Bonchev–Trinajstić information content (AvgIpc) is 3.31. The average molecular weight is 519 g/mol. The molecule has 0 unspecified atom stereocenters. The number of hydrogen-bond acceptors (Lipinski definition) is 6. The largest absolute Gasteiger partial charge is 0.337 e. The van der Waals surface area contributed by atoms with Gasteiger partial charge in [-0.3, -0.25) is 9.10 Å². The number of carbonyl (C=O) groups excluding carboxylic acids is 1. The van der Waals surface area contributed by atoms with E-state index >= 15 is 0 Å². The fourth-order valence-corrected chi connectivity index (χ4v) is 5.12. The summed E-state index contributed by atoms with van der Waals surface area (Å²) in [6.07, 6.45) is 1.20. The van der Waals surface area contributed by atoms with E-state index in [1.807, 2.05) is 63.2 Å². The van der Waals surface area contributed by atoms with Crippen molar-refractivity contribution in [2.75, 3.05) is 17.6 Å². The molecule has 0 fully saturated rings. The van der Waals surface area contributed by atoms with Crippen LogP contribution in [0.3, 0.4) is 0 Å². The zero-order valence-corrected chi connectivity index (χ0v) is 22.4. The number of nitrogens with zero attached hydrogens (tertiary/aromatic N) is 4. The first-order chi connectivity index (χ1) is 17.5. The van der Waals surface area contributed by atoms with Gasteiger partial charge >= 0.3 is 0 Å². The van der Waals surface area contributed by atoms with Gasteiger partial charge in [0.15, 0.2) is 0 Å². The first kappa shape index (κ1) is 26.1. The third-order valence-corrected chi connectivity index (χ3v) is 7.23. The number of para-hydroxylation sites is 1. The van der Waals surface area contributed by atoms with E-state index in [0.717, 1.165) is 27.8 Å². The number of carbonyl (C=O) groups is 1. The summed E-state index contributed by atoms with van der Waals surface area (Å²) in [6, 6.07) is 20.4. The second-order valence-electron chi connectivity index (χ2n) is 9.25. The number of hydrogen-bond donors (Lipinski definition) is 0. The van der Waals surface area contributed by atoms with E-state index in [4.69, 9.17) is 4.52 Å². The molecule has 0 N–H and O–H groups in total. The van der Waals surface area contributed by atoms with Crippen LogP contribution in [0, 0.1) is 20.8 Å². The highest BCUT2D eigenvalue weighted by atomic mass is 32.2. The van der Waals surface area contributed by atoms with E-state index in [0.29, 0.717) is 23.0 Å². The van der Waals surface area contributed by atoms with Crippen molar-refractivity contribution in [3.8, 4) is 11.4 Å². The van der Waals surface area contributed by atoms with Crippen LogP contribution < -0.4 is 4.31 Å². The molecule has 0 radical (unpaired) electrons. The summed E-state index contributed by atoms with van der Waals surface area (Å²) >= 11 is 0. The molecule has 0 aliphatic heterocycles. The summed E-state index contributed by atoms with van der Waals surface area (Å²) in [5, 5.41) is 4.02. The number of aryl methyl sites for hydroxylation is 3. The molecule has 0 saturated carbocycles. The van der Waals surface area contributed by atoms with E-state index in [-0.39, 0.29) is 19.0 Å². The Kier molecular flexibility index (Phi) is 7.45. The molecule has 0 bridgehead atoms. The minimum atomic E-state index is -3.52. The number of sulfonamides is 1. The van der Waals surface area contributed by atoms with E-state index < -0.39 is 10.0 Å². The second kappa shape index (κ2) is 10.6. The van der Waals surface area contributed by atoms with E-state index in [1.54, 1.807) is 31.3 Å². The first-order valence-electron chi connectivity index (χ1n) is 11.8. The van der Waals surface area contributed by atoms with Gasteiger partial charge in [0.05, 0.1) is 25.0 Å². The van der Waals surface area contributed by atoms with Crippen molar-refractivity contribution in [3.63, 3.8) is 0 Å². The normalized spacial score (nSPS) is 11.4. The Balaban J connectivity index is 1.46. The smallest absolute Gasteiger partial charge is 0.254 e. The maximum atomic E-state index is 13.0. The number of amides is 1. The second-order valence-corrected chi connectivity index (χ2v) is 11.2. The van der Waals surface area contributed by atoms with Crippen LogP contribution in [-0.4, -0.2) is 42.7 Å². The van der Waals surface area contributed by atoms with Gasteiger partial charge in [-0.15, -0.1) is 0 Å². The van der Waals surface area contributed by atoms with E-state index in [1.165, 1.54) is 15.5 Å². The quantitative estimate of drug-likeness (QED) is 0.329. The Labute approximate surface area is 217 Å². The Morgan fingerprint density at radius 2 is 1.51 bits per heavy atom. The molecule has 0 aliphatic rings. The summed E-state index contributed by atoms with van der Waals surface area (Å²) in [5.74, 6) is 0.594. The number of benzene rings is 3. The molecular weight excluding hydrogens is 488 g/mol. The van der Waals surface area contributed by atoms with Crippen molar-refractivity contribution in [1.82, 2.24) is 15.0 Å². The molecule has 1 heterocycles. The van der Waals surface area contributed by atoms with Crippen LogP contribution in [0.5, 0.6) is 0 Å². The number of rotatable bonds is 8. The van der Waals surface area contributed by atoms with E-state index in [2.05, 4.69) is 10.1 Å². The molecule has 4 rings (SSSR count). The van der Waals surface area contributed by atoms with Crippen LogP contribution in [0.15, 0.2) is 71.3 Å². The Hall–Kier alpha value is -3.98. The minimum Gasteiger partial charge on any atom is -0.337 e. The highest BCUT2D eigenvalue weighted by Gasteiger charge is 2.22. The van der Waals surface area contributed by atoms with Gasteiger partial charge in [-0.05, 0) is 49.6 Å². The fraction of sp³-hybridized carbons (Fsp3) is 0.250. The standard InChI is InChI=1S/C28H30N4O4S/c1-19-9-13-23(14-10-19)27-29-25(36-30-27)18-31(4)28(33)24-15-11-22(12-16-24)17-32(37(5,34)35)26-20(2)7-6-8-21(26)3/h6-16H,17-18H2,1-5H3. The van der Waals surface area contributed by atoms with Crippen molar-refractivity contribution >= 4 is 21.6 Å². The molecule has 1 aromatic heterocycles. The van der Waals surface area contributed by atoms with Gasteiger partial charge in [0.2, 0.25) is 21.7 Å². The predicted molar refractivity (Wildman–Crippen MR) is 144 cm³/mol. The molecule has 0 saturated heterocycles. The van der Waals surface area contributed by atoms with Crippen LogP contribution in [0.1, 0.15) is 38.5 Å². The van der Waals surface area contributed by atoms with Gasteiger partial charge in [0.1, 0.15) is 0 Å². The van der Waals surface area contributed by atoms with Crippen LogP contribution in [-0.2, 0) is 23.1 Å². The van der Waals surface area contributed by atoms with Crippen molar-refractivity contribution in [2.24, 2.45) is 0 Å². The van der Waals surface area contributed by atoms with Crippen LogP contribution in [0.4, 0.5) is 5.69 Å². The van der Waals surface area contributed by atoms with Crippen molar-refractivity contribution < 1.29 is 17.7 Å². The summed E-state index contributed by atoms with van der Waals surface area (Å²) in [7, 11) is -1.86. The lowest BCUT2D eigenvalue weighted by Gasteiger charge is -2.26. The molecule has 37 heavy (non-hydrogen) atoms. The molecule has 1 amide bonds. The minimum absolute atomic E-state index is 0.161. The van der Waals surface area contributed by atoms with Crippen LogP contribution in [0.2, 0.25) is 0 Å². The first-order valence-corrected chi connectivity index (χ1v) is 13.7. The molecule has 0 aliphatic carbocycles. The zero-order chi connectivity index (χ0) is 26.7. The summed E-state index contributed by atoms with van der Waals surface area (Å²) in [5.41, 5.74) is 5.66. The Bertz CT molecular complexity index is 1490. The summed E-state index contributed by atoms with van der Waals surface area (Å²) in [6.45, 7) is 6.12. The maximum Gasteiger partial charge on any atom is 0.254 e. The molecule has 192 valence electrons. The van der Waals surface area contributed by atoms with Gasteiger partial charge in [-0.1, -0.05) is 65.3 Å². The predicted octanol–water partition coefficient (Wildman–Crippen LogP) is 4.90. The molecule has 4 aromatic rings. The van der Waals surface area contributed by atoms with Gasteiger partial charge in [0, 0.05) is 18.2 Å². The molecule has 0 atom stereocenters. The lowest BCUT2D eigenvalue weighted by Crippen LogP contribution is -2.30. The van der Waals surface area contributed by atoms with Gasteiger partial charge in [0.25, 0.3) is 5.91 Å². The topological polar surface area (TPSA) is 96.6 Å². The van der Waals surface area contributed by atoms with Gasteiger partial charge < -0.3 is 9.42 Å². The molecular formula is C28H30N4O4S. The third kappa shape index (κ3) is 6.06. The lowest BCUT2D eigenvalue weighted by atomic mass is 10.1. The van der Waals surface area contributed by atoms with Crippen molar-refractivity contribution in [1.29, 1.82) is 0 Å². The van der Waals surface area contributed by atoms with Gasteiger partial charge in [-0.2, -0.15) is 4.98 Å². The van der Waals surface area contributed by atoms with Crippen LogP contribution in [0.25, 0.3) is 11.4 Å². The summed E-state index contributed by atoms with van der Waals surface area (Å²) in [4.78, 5) is 18.9. The van der Waals surface area contributed by atoms with Crippen molar-refractivity contribution in [2.45, 2.75) is 33.9 Å². The zero-order valence-electron chi connectivity index (χ0n) is 21.6. The lowest BCUT2D eigenvalue weighted by molar-refractivity contribution is 0.0769. The monoisotopic (exact) mass is 518 g/mol. The molecule has 0 spiro atoms. The SMILES string of the molecule is Cc1ccc(-c2noc(CN(C)C(=O)c3ccc(CN(c4c(C)cccc4C)S(C)(=O)=O)cc3)n2)cc1. The van der Waals surface area contributed by atoms with Crippen molar-refractivity contribution in [3.05, 3.63) is 100 Å². The highest BCUT2D eigenvalue weighted by molar-refractivity contribution is 7.92. The third-order valence-electron chi connectivity index (χ3n) is 6.11. The maximum absolute atomic E-state index is 13.0. The number of anilines is 1. The van der Waals surface area contributed by atoms with E-state index in [9.17, 15) is 13.2 Å². The number of aromatic nitrogens is 2. The summed E-state index contributed by atoms with van der Waals surface area (Å²) < 4.78 is 32.0. The van der Waals surface area contributed by atoms with Gasteiger partial charge in [-0.25, -0.2) is 8.42 Å². The fourth-order valence-electron chi connectivity index (χ4n) is 4.11. The van der Waals surface area contributed by atoms with Crippen LogP contribution >= 0.6 is 0 Å². The molecule has 3 aromatic carbocycles. The Morgan fingerprint density at radius 3 is 2.11 bits per heavy atom. The molecule has 9 heteroatoms. The molecule has 8 nitrogen and oxygen atoms in total.